The number of aliphatic carboxylic acids is 1. The van der Waals surface area contributed by atoms with Gasteiger partial charge >= 0.3 is 5.97 Å². The molecule has 0 saturated carbocycles. The molecular formula is C12H23BrO4. The topological polar surface area (TPSA) is 55.8 Å². The van der Waals surface area contributed by atoms with E-state index in [1.54, 1.807) is 13.8 Å². The molecule has 4 nitrogen and oxygen atoms in total. The lowest BCUT2D eigenvalue weighted by Crippen LogP contribution is -2.32. The quantitative estimate of drug-likeness (QED) is 0.382. The van der Waals surface area contributed by atoms with E-state index in [0.717, 1.165) is 12.8 Å². The third-order valence-corrected chi connectivity index (χ3v) is 3.54. The molecule has 3 atom stereocenters. The Bertz CT molecular complexity index is 211. The van der Waals surface area contributed by atoms with E-state index in [9.17, 15) is 4.79 Å². The molecule has 0 heterocycles. The minimum absolute atomic E-state index is 0.369. The summed E-state index contributed by atoms with van der Waals surface area (Å²) in [6.07, 6.45) is 3.82. The summed E-state index contributed by atoms with van der Waals surface area (Å²) in [5.74, 6) is -0.923. The molecule has 0 rings (SSSR count). The van der Waals surface area contributed by atoms with Crippen LogP contribution in [0, 0.1) is 0 Å². The third kappa shape index (κ3) is 8.57. The number of carboxylic acid groups (broad SMARTS) is 1. The van der Waals surface area contributed by atoms with Crippen LogP contribution in [0.1, 0.15) is 46.5 Å². The molecule has 3 unspecified atom stereocenters. The van der Waals surface area contributed by atoms with E-state index in [0.29, 0.717) is 6.61 Å². The van der Waals surface area contributed by atoms with Crippen LogP contribution in [-0.4, -0.2) is 34.9 Å². The summed E-state index contributed by atoms with van der Waals surface area (Å²) in [4.78, 5) is 9.99. The Morgan fingerprint density at radius 2 is 1.94 bits per heavy atom. The third-order valence-electron chi connectivity index (χ3n) is 2.40. The maximum atomic E-state index is 10.7. The van der Waals surface area contributed by atoms with Crippen molar-refractivity contribution in [2.45, 2.75) is 63.7 Å². The van der Waals surface area contributed by atoms with Crippen molar-refractivity contribution in [2.75, 3.05) is 6.61 Å². The van der Waals surface area contributed by atoms with Gasteiger partial charge in [0.25, 0.3) is 0 Å². The number of ether oxygens (including phenoxy) is 2. The second-order valence-corrected chi connectivity index (χ2v) is 5.07. The molecule has 0 aliphatic rings. The highest BCUT2D eigenvalue weighted by atomic mass is 79.9. The summed E-state index contributed by atoms with van der Waals surface area (Å²) < 4.78 is 10.9. The molecule has 0 aromatic rings. The van der Waals surface area contributed by atoms with Crippen molar-refractivity contribution in [3.8, 4) is 0 Å². The van der Waals surface area contributed by atoms with Gasteiger partial charge in [0.05, 0.1) is 6.10 Å². The molecule has 0 radical (unpaired) electrons. The van der Waals surface area contributed by atoms with Crippen LogP contribution >= 0.6 is 15.9 Å². The molecule has 0 aromatic carbocycles. The van der Waals surface area contributed by atoms with Gasteiger partial charge in [-0.3, -0.25) is 4.79 Å². The van der Waals surface area contributed by atoms with E-state index >= 15 is 0 Å². The smallest absolute Gasteiger partial charge is 0.319 e. The van der Waals surface area contributed by atoms with Gasteiger partial charge < -0.3 is 14.6 Å². The molecule has 0 amide bonds. The first-order valence-electron chi connectivity index (χ1n) is 6.13. The SMILES string of the molecule is CCCCCCOC(C)OC(C)C(Br)C(=O)O. The first-order valence-corrected chi connectivity index (χ1v) is 7.04. The lowest BCUT2D eigenvalue weighted by molar-refractivity contribution is -0.163. The lowest BCUT2D eigenvalue weighted by Gasteiger charge is -2.21. The molecule has 0 spiro atoms. The van der Waals surface area contributed by atoms with Gasteiger partial charge in [-0.25, -0.2) is 0 Å². The molecule has 0 bridgehead atoms. The van der Waals surface area contributed by atoms with Gasteiger partial charge in [-0.1, -0.05) is 42.1 Å². The van der Waals surface area contributed by atoms with Gasteiger partial charge in [-0.05, 0) is 20.3 Å². The fraction of sp³-hybridized carbons (Fsp3) is 0.917. The van der Waals surface area contributed by atoms with Crippen LogP contribution < -0.4 is 0 Å². The van der Waals surface area contributed by atoms with Crippen molar-refractivity contribution >= 4 is 21.9 Å². The van der Waals surface area contributed by atoms with Crippen LogP contribution in [0.5, 0.6) is 0 Å². The van der Waals surface area contributed by atoms with Crippen LogP contribution in [0.3, 0.4) is 0 Å². The van der Waals surface area contributed by atoms with Crippen molar-refractivity contribution < 1.29 is 19.4 Å². The Morgan fingerprint density at radius 3 is 2.47 bits per heavy atom. The number of carbonyl (C=O) groups is 1. The molecule has 0 aliphatic heterocycles. The summed E-state index contributed by atoms with van der Waals surface area (Å²) >= 11 is 3.06. The summed E-state index contributed by atoms with van der Waals surface area (Å²) in [5, 5.41) is 8.77. The van der Waals surface area contributed by atoms with Crippen LogP contribution in [0.2, 0.25) is 0 Å². The van der Waals surface area contributed by atoms with E-state index < -0.39 is 16.9 Å². The predicted molar refractivity (Wildman–Crippen MR) is 70.5 cm³/mol. The van der Waals surface area contributed by atoms with E-state index in [1.807, 2.05) is 0 Å². The van der Waals surface area contributed by atoms with E-state index in [-0.39, 0.29) is 6.29 Å². The van der Waals surface area contributed by atoms with Gasteiger partial charge in [0.1, 0.15) is 4.83 Å². The van der Waals surface area contributed by atoms with Crippen molar-refractivity contribution in [1.29, 1.82) is 0 Å². The number of unbranched alkanes of at least 4 members (excludes halogenated alkanes) is 3. The highest BCUT2D eigenvalue weighted by molar-refractivity contribution is 9.10. The van der Waals surface area contributed by atoms with E-state index in [1.165, 1.54) is 12.8 Å². The standard InChI is InChI=1S/C12H23BrO4/c1-4-5-6-7-8-16-10(3)17-9(2)11(13)12(14)15/h9-11H,4-8H2,1-3H3,(H,14,15). The van der Waals surface area contributed by atoms with Crippen molar-refractivity contribution in [3.05, 3.63) is 0 Å². The summed E-state index contributed by atoms with van der Waals surface area (Å²) in [7, 11) is 0. The van der Waals surface area contributed by atoms with Gasteiger partial charge in [0.15, 0.2) is 6.29 Å². The molecule has 1 N–H and O–H groups in total. The van der Waals surface area contributed by atoms with Crippen LogP contribution in [0.15, 0.2) is 0 Å². The molecule has 0 saturated heterocycles. The summed E-state index contributed by atoms with van der Waals surface area (Å²) in [5.41, 5.74) is 0. The zero-order chi connectivity index (χ0) is 13.3. The van der Waals surface area contributed by atoms with Crippen LogP contribution in [0.25, 0.3) is 0 Å². The van der Waals surface area contributed by atoms with Crippen LogP contribution in [-0.2, 0) is 14.3 Å². The Labute approximate surface area is 112 Å². The highest BCUT2D eigenvalue weighted by Crippen LogP contribution is 2.12. The number of alkyl halides is 1. The lowest BCUT2D eigenvalue weighted by atomic mass is 10.2. The first-order chi connectivity index (χ1) is 7.99. The van der Waals surface area contributed by atoms with Gasteiger partial charge in [0.2, 0.25) is 0 Å². The number of hydrogen-bond donors (Lipinski definition) is 1. The normalized spacial score (nSPS) is 16.5. The maximum absolute atomic E-state index is 10.7. The van der Waals surface area contributed by atoms with E-state index in [2.05, 4.69) is 22.9 Å². The van der Waals surface area contributed by atoms with Crippen molar-refractivity contribution in [1.82, 2.24) is 0 Å². The molecule has 17 heavy (non-hydrogen) atoms. The molecule has 102 valence electrons. The molecular weight excluding hydrogens is 288 g/mol. The molecule has 0 aliphatic carbocycles. The minimum atomic E-state index is -0.923. The van der Waals surface area contributed by atoms with E-state index in [4.69, 9.17) is 14.6 Å². The monoisotopic (exact) mass is 310 g/mol. The summed E-state index contributed by atoms with van der Waals surface area (Å²) in [6.45, 7) is 6.33. The second-order valence-electron chi connectivity index (χ2n) is 4.08. The number of hydrogen-bond acceptors (Lipinski definition) is 3. The Kier molecular flexibility index (Phi) is 9.78. The summed E-state index contributed by atoms with van der Waals surface area (Å²) in [6, 6.07) is 0. The molecule has 0 fully saturated rings. The number of carboxylic acids is 1. The average Bonchev–Trinajstić information content (AvgIpc) is 2.27. The minimum Gasteiger partial charge on any atom is -0.480 e. The zero-order valence-corrected chi connectivity index (χ0v) is 12.4. The maximum Gasteiger partial charge on any atom is 0.319 e. The number of halogens is 1. The number of rotatable bonds is 10. The molecule has 0 aromatic heterocycles. The van der Waals surface area contributed by atoms with Crippen molar-refractivity contribution in [3.63, 3.8) is 0 Å². The fourth-order valence-electron chi connectivity index (χ4n) is 1.39. The van der Waals surface area contributed by atoms with Gasteiger partial charge in [-0.15, -0.1) is 0 Å². The fourth-order valence-corrected chi connectivity index (χ4v) is 1.51. The largest absolute Gasteiger partial charge is 0.480 e. The predicted octanol–water partition coefficient (Wildman–Crippen LogP) is 3.18. The highest BCUT2D eigenvalue weighted by Gasteiger charge is 2.23. The first kappa shape index (κ1) is 16.9. The van der Waals surface area contributed by atoms with Crippen LogP contribution in [0.4, 0.5) is 0 Å². The average molecular weight is 311 g/mol. The Morgan fingerprint density at radius 1 is 1.29 bits per heavy atom. The Balaban J connectivity index is 3.63. The van der Waals surface area contributed by atoms with Gasteiger partial charge in [-0.2, -0.15) is 0 Å². The van der Waals surface area contributed by atoms with Crippen molar-refractivity contribution in [2.24, 2.45) is 0 Å². The Hall–Kier alpha value is -0.130. The molecule has 5 heteroatoms. The second kappa shape index (κ2) is 9.85. The van der Waals surface area contributed by atoms with Gasteiger partial charge in [0, 0.05) is 6.61 Å². The zero-order valence-electron chi connectivity index (χ0n) is 10.8.